The number of para-hydroxylation sites is 4. The number of hydrogen-bond donors (Lipinski definition) is 0. The number of furan rings is 1. The minimum Gasteiger partial charge on any atom is -0.452 e. The van der Waals surface area contributed by atoms with E-state index in [1.807, 2.05) is 24.3 Å². The molecule has 51 heavy (non-hydrogen) atoms. The van der Waals surface area contributed by atoms with Gasteiger partial charge in [-0.3, -0.25) is 4.57 Å². The molecule has 238 valence electrons. The van der Waals surface area contributed by atoms with Crippen LogP contribution >= 0.6 is 0 Å². The van der Waals surface area contributed by atoms with Crippen molar-refractivity contribution in [3.05, 3.63) is 170 Å². The average molecular weight is 653 g/mol. The summed E-state index contributed by atoms with van der Waals surface area (Å²) in [5, 5.41) is 5.63. The van der Waals surface area contributed by atoms with E-state index in [1.54, 1.807) is 0 Å². The number of benzene rings is 7. The first kappa shape index (κ1) is 27.9. The molecule has 0 N–H and O–H groups in total. The maximum Gasteiger partial charge on any atom is 0.236 e. The van der Waals surface area contributed by atoms with Crippen molar-refractivity contribution in [1.82, 2.24) is 19.1 Å². The molecule has 11 rings (SSSR count). The van der Waals surface area contributed by atoms with E-state index in [4.69, 9.17) is 14.4 Å². The van der Waals surface area contributed by atoms with E-state index in [0.717, 1.165) is 71.8 Å². The van der Waals surface area contributed by atoms with Gasteiger partial charge in [0.1, 0.15) is 16.8 Å². The second kappa shape index (κ2) is 10.8. The molecular weight excluding hydrogens is 625 g/mol. The number of fused-ring (bicyclic) bond motifs is 10. The zero-order chi connectivity index (χ0) is 33.5. The molecule has 0 spiro atoms. The standard InChI is InChI=1S/C46H28N4O/c1-3-13-29(14-4-1)30-23-25-31(26-24-30)41-45-42(37-19-9-12-22-40(37)51-45)48-46(47-41)50-39-21-11-8-18-34(39)36-28-27-35-33-17-7-10-20-38(33)49(43(35)44(36)50)32-15-5-2-6-16-32/h1-28H. The highest BCUT2D eigenvalue weighted by Crippen LogP contribution is 2.42. The fourth-order valence-corrected chi connectivity index (χ4v) is 7.88. The lowest BCUT2D eigenvalue weighted by Crippen LogP contribution is -2.04. The average Bonchev–Trinajstić information content (AvgIpc) is 3.86. The molecule has 0 fully saturated rings. The van der Waals surface area contributed by atoms with Crippen LogP contribution in [0.1, 0.15) is 0 Å². The van der Waals surface area contributed by atoms with E-state index in [9.17, 15) is 0 Å². The Labute approximate surface area is 292 Å². The first-order valence-electron chi connectivity index (χ1n) is 17.2. The van der Waals surface area contributed by atoms with Crippen molar-refractivity contribution in [3.8, 4) is 34.0 Å². The smallest absolute Gasteiger partial charge is 0.236 e. The molecule has 0 aliphatic heterocycles. The Hall–Kier alpha value is -6.98. The maximum absolute atomic E-state index is 6.55. The van der Waals surface area contributed by atoms with E-state index < -0.39 is 0 Å². The van der Waals surface area contributed by atoms with Crippen molar-refractivity contribution in [1.29, 1.82) is 0 Å². The van der Waals surface area contributed by atoms with Crippen LogP contribution in [0.2, 0.25) is 0 Å². The van der Waals surface area contributed by atoms with Crippen LogP contribution in [0, 0.1) is 0 Å². The van der Waals surface area contributed by atoms with Gasteiger partial charge in [0.2, 0.25) is 5.95 Å². The summed E-state index contributed by atoms with van der Waals surface area (Å²) in [7, 11) is 0. The summed E-state index contributed by atoms with van der Waals surface area (Å²) in [6.45, 7) is 0. The summed E-state index contributed by atoms with van der Waals surface area (Å²) in [6, 6.07) is 59.5. The van der Waals surface area contributed by atoms with Gasteiger partial charge in [0.25, 0.3) is 0 Å². The molecule has 0 aliphatic carbocycles. The van der Waals surface area contributed by atoms with Gasteiger partial charge in [-0.1, -0.05) is 133 Å². The van der Waals surface area contributed by atoms with Gasteiger partial charge in [-0.05, 0) is 47.5 Å². The van der Waals surface area contributed by atoms with Gasteiger partial charge in [0, 0.05) is 38.2 Å². The van der Waals surface area contributed by atoms with E-state index in [1.165, 1.54) is 16.3 Å². The minimum absolute atomic E-state index is 0.597. The molecule has 0 aliphatic rings. The molecule has 5 nitrogen and oxygen atoms in total. The Morgan fingerprint density at radius 3 is 1.63 bits per heavy atom. The van der Waals surface area contributed by atoms with Crippen molar-refractivity contribution >= 4 is 65.7 Å². The first-order chi connectivity index (χ1) is 25.3. The second-order valence-corrected chi connectivity index (χ2v) is 13.0. The van der Waals surface area contributed by atoms with Crippen molar-refractivity contribution in [2.45, 2.75) is 0 Å². The fraction of sp³-hybridized carbons (Fsp3) is 0. The molecule has 0 unspecified atom stereocenters. The van der Waals surface area contributed by atoms with Crippen LogP contribution in [0.25, 0.3) is 99.7 Å². The molecule has 0 atom stereocenters. The van der Waals surface area contributed by atoms with Crippen LogP contribution in [-0.4, -0.2) is 19.1 Å². The molecule has 0 bridgehead atoms. The van der Waals surface area contributed by atoms with Crippen molar-refractivity contribution in [3.63, 3.8) is 0 Å². The van der Waals surface area contributed by atoms with Crippen molar-refractivity contribution in [2.75, 3.05) is 0 Å². The van der Waals surface area contributed by atoms with E-state index >= 15 is 0 Å². The fourth-order valence-electron chi connectivity index (χ4n) is 7.88. The third kappa shape index (κ3) is 4.09. The molecular formula is C46H28N4O. The van der Waals surface area contributed by atoms with E-state index in [2.05, 4.69) is 155 Å². The summed E-state index contributed by atoms with van der Waals surface area (Å²) < 4.78 is 11.2. The van der Waals surface area contributed by atoms with Crippen LogP contribution in [0.3, 0.4) is 0 Å². The normalized spacial score (nSPS) is 11.9. The highest BCUT2D eigenvalue weighted by atomic mass is 16.3. The summed E-state index contributed by atoms with van der Waals surface area (Å²) >= 11 is 0. The summed E-state index contributed by atoms with van der Waals surface area (Å²) in [5.74, 6) is 0.597. The van der Waals surface area contributed by atoms with Crippen LogP contribution in [-0.2, 0) is 0 Å². The van der Waals surface area contributed by atoms with Gasteiger partial charge in [-0.25, -0.2) is 9.97 Å². The minimum atomic E-state index is 0.597. The largest absolute Gasteiger partial charge is 0.452 e. The van der Waals surface area contributed by atoms with Crippen molar-refractivity contribution in [2.24, 2.45) is 0 Å². The third-order valence-corrected chi connectivity index (χ3v) is 10.2. The Kier molecular flexibility index (Phi) is 5.89. The zero-order valence-corrected chi connectivity index (χ0v) is 27.4. The van der Waals surface area contributed by atoms with Gasteiger partial charge in [0.15, 0.2) is 5.58 Å². The molecule has 11 aromatic rings. The summed E-state index contributed by atoms with van der Waals surface area (Å²) in [4.78, 5) is 10.8. The number of rotatable bonds is 4. The third-order valence-electron chi connectivity index (χ3n) is 10.2. The number of nitrogens with zero attached hydrogens (tertiary/aromatic N) is 4. The van der Waals surface area contributed by atoms with Crippen LogP contribution < -0.4 is 0 Å². The van der Waals surface area contributed by atoms with Gasteiger partial charge >= 0.3 is 0 Å². The first-order valence-corrected chi connectivity index (χ1v) is 17.2. The lowest BCUT2D eigenvalue weighted by molar-refractivity contribution is 0.666. The van der Waals surface area contributed by atoms with Crippen molar-refractivity contribution < 1.29 is 4.42 Å². The molecule has 5 heteroatoms. The Bertz CT molecular complexity index is 3120. The van der Waals surface area contributed by atoms with Gasteiger partial charge in [0.05, 0.1) is 22.1 Å². The Morgan fingerprint density at radius 1 is 0.392 bits per heavy atom. The highest BCUT2D eigenvalue weighted by molar-refractivity contribution is 6.23. The van der Waals surface area contributed by atoms with Gasteiger partial charge in [-0.2, -0.15) is 0 Å². The zero-order valence-electron chi connectivity index (χ0n) is 27.4. The monoisotopic (exact) mass is 652 g/mol. The van der Waals surface area contributed by atoms with E-state index in [-0.39, 0.29) is 0 Å². The van der Waals surface area contributed by atoms with Gasteiger partial charge in [-0.15, -0.1) is 0 Å². The highest BCUT2D eigenvalue weighted by Gasteiger charge is 2.24. The predicted octanol–water partition coefficient (Wildman–Crippen LogP) is 11.9. The molecule has 0 saturated carbocycles. The molecule has 0 amide bonds. The number of aromatic nitrogens is 4. The lowest BCUT2D eigenvalue weighted by atomic mass is 10.0. The number of hydrogen-bond acceptors (Lipinski definition) is 3. The van der Waals surface area contributed by atoms with E-state index in [0.29, 0.717) is 11.5 Å². The van der Waals surface area contributed by atoms with Gasteiger partial charge < -0.3 is 8.98 Å². The summed E-state index contributed by atoms with van der Waals surface area (Å²) in [6.07, 6.45) is 0. The second-order valence-electron chi connectivity index (χ2n) is 13.0. The van der Waals surface area contributed by atoms with Crippen LogP contribution in [0.5, 0.6) is 0 Å². The van der Waals surface area contributed by atoms with Crippen LogP contribution in [0.15, 0.2) is 174 Å². The predicted molar refractivity (Wildman–Crippen MR) is 209 cm³/mol. The Morgan fingerprint density at radius 2 is 0.922 bits per heavy atom. The molecule has 4 aromatic heterocycles. The SMILES string of the molecule is c1ccc(-c2ccc(-c3nc(-n4c5ccccc5c5ccc6c7ccccc7n(-c7ccccc7)c6c54)nc4c3oc3ccccc34)cc2)cc1. The Balaban J connectivity index is 1.28. The molecule has 4 heterocycles. The lowest BCUT2D eigenvalue weighted by Gasteiger charge is -2.12. The molecule has 7 aromatic carbocycles. The summed E-state index contributed by atoms with van der Waals surface area (Å²) in [5.41, 5.74) is 11.8. The quantitative estimate of drug-likeness (QED) is 0.190. The molecule has 0 saturated heterocycles. The maximum atomic E-state index is 6.55. The molecule has 0 radical (unpaired) electrons. The van der Waals surface area contributed by atoms with Crippen LogP contribution in [0.4, 0.5) is 0 Å². The topological polar surface area (TPSA) is 48.8 Å².